The number of benzene rings is 2. The number of nitrogens with zero attached hydrogens (tertiary/aromatic N) is 5. The van der Waals surface area contributed by atoms with Crippen LogP contribution in [0.5, 0.6) is 11.5 Å². The lowest BCUT2D eigenvalue weighted by molar-refractivity contribution is -0.139. The molecule has 1 aliphatic heterocycles. The molecule has 3 atom stereocenters. The second-order valence-corrected chi connectivity index (χ2v) is 12.7. The van der Waals surface area contributed by atoms with Crippen molar-refractivity contribution in [3.8, 4) is 22.8 Å². The van der Waals surface area contributed by atoms with Gasteiger partial charge in [-0.25, -0.2) is 14.6 Å². The number of rotatable bonds is 14. The lowest BCUT2D eigenvalue weighted by atomic mass is 10.1. The van der Waals surface area contributed by atoms with E-state index in [9.17, 15) is 24.0 Å². The van der Waals surface area contributed by atoms with Gasteiger partial charge in [-0.3, -0.25) is 24.0 Å². The summed E-state index contributed by atoms with van der Waals surface area (Å²) >= 11 is 0.790. The third-order valence-corrected chi connectivity index (χ3v) is 9.07. The number of ether oxygens (including phenoxy) is 1. The number of piperidine rings is 1. The zero-order valence-electron chi connectivity index (χ0n) is 27.3. The van der Waals surface area contributed by atoms with E-state index in [-0.39, 0.29) is 42.2 Å². The minimum Gasteiger partial charge on any atom is -0.480 e. The molecule has 17 nitrogen and oxygen atoms in total. The fraction of sp³-hybridized carbons (Fsp3) is 0.333. The van der Waals surface area contributed by atoms with Crippen molar-refractivity contribution in [3.63, 3.8) is 0 Å². The van der Waals surface area contributed by atoms with Gasteiger partial charge in [-0.05, 0) is 55.7 Å². The minimum atomic E-state index is -1.29. The predicted octanol–water partition coefficient (Wildman–Crippen LogP) is 2.24. The van der Waals surface area contributed by atoms with E-state index in [0.717, 1.165) is 17.3 Å². The fourth-order valence-electron chi connectivity index (χ4n) is 5.47. The standard InChI is InChI=1S/C33H37N9O8S/c34-23(32(47)48)12-13-25(43)39-24(31(46)36-15-26(44)45)17-51-33(49)41-14-4-5-20(16-41)42-30-27(29(35)37-18-38-30)28(40-42)19-8-10-22(11-9-19)50-21-6-2-1-3-7-21/h1-3,6-11,18,20,23-24H,4-5,12-17,34H2,(H,36,46)(H,39,43)(H,44,45)(H,47,48)(H2,35,37,38)/t20-,23?,24?/m1/s1. The van der Waals surface area contributed by atoms with Crippen LogP contribution >= 0.6 is 11.8 Å². The van der Waals surface area contributed by atoms with Crippen LogP contribution in [-0.2, 0) is 19.2 Å². The summed E-state index contributed by atoms with van der Waals surface area (Å²) in [6.07, 6.45) is 2.22. The molecular weight excluding hydrogens is 682 g/mol. The van der Waals surface area contributed by atoms with Crippen LogP contribution in [0.15, 0.2) is 60.9 Å². The number of carbonyl (C=O) groups excluding carboxylic acids is 3. The fourth-order valence-corrected chi connectivity index (χ4v) is 6.36. The van der Waals surface area contributed by atoms with Gasteiger partial charge < -0.3 is 42.0 Å². The monoisotopic (exact) mass is 719 g/mol. The maximum atomic E-state index is 13.4. The molecule has 2 aromatic heterocycles. The smallest absolute Gasteiger partial charge is 0.322 e. The van der Waals surface area contributed by atoms with E-state index < -0.39 is 42.4 Å². The molecule has 1 saturated heterocycles. The second kappa shape index (κ2) is 16.8. The summed E-state index contributed by atoms with van der Waals surface area (Å²) in [6.45, 7) is 0.00976. The zero-order valence-corrected chi connectivity index (χ0v) is 28.1. The molecule has 0 aliphatic carbocycles. The predicted molar refractivity (Wildman–Crippen MR) is 187 cm³/mol. The Morgan fingerprint density at radius 2 is 1.75 bits per heavy atom. The van der Waals surface area contributed by atoms with Crippen LogP contribution in [-0.4, -0.2) is 101 Å². The van der Waals surface area contributed by atoms with Gasteiger partial charge in [0.25, 0.3) is 5.24 Å². The number of nitrogen functional groups attached to an aromatic ring is 1. The molecule has 4 aromatic rings. The summed E-state index contributed by atoms with van der Waals surface area (Å²) in [5.41, 5.74) is 13.6. The molecule has 3 heterocycles. The number of hydrogen-bond acceptors (Lipinski definition) is 12. The maximum Gasteiger partial charge on any atom is 0.322 e. The molecule has 2 unspecified atom stereocenters. The van der Waals surface area contributed by atoms with E-state index in [4.69, 9.17) is 31.5 Å². The second-order valence-electron chi connectivity index (χ2n) is 11.7. The largest absolute Gasteiger partial charge is 0.480 e. The summed E-state index contributed by atoms with van der Waals surface area (Å²) in [5.74, 6) is -2.66. The quantitative estimate of drug-likeness (QED) is 0.109. The molecule has 1 fully saturated rings. The number of para-hydroxylation sites is 1. The zero-order chi connectivity index (χ0) is 36.5. The molecule has 0 radical (unpaired) electrons. The SMILES string of the molecule is Nc1ncnc2c1c(-c1ccc(Oc3ccccc3)cc1)nn2[C@@H]1CCCN(C(=O)SCC(NC(=O)CCC(N)C(=O)O)C(=O)NCC(=O)O)C1. The molecule has 0 bridgehead atoms. The van der Waals surface area contributed by atoms with Crippen molar-refractivity contribution in [2.45, 2.75) is 43.8 Å². The van der Waals surface area contributed by atoms with Crippen LogP contribution in [0.4, 0.5) is 10.6 Å². The Labute approximate surface area is 295 Å². The first-order chi connectivity index (χ1) is 24.5. The van der Waals surface area contributed by atoms with E-state index >= 15 is 0 Å². The summed E-state index contributed by atoms with van der Waals surface area (Å²) < 4.78 is 7.68. The number of carboxylic acid groups (broad SMARTS) is 2. The first-order valence-corrected chi connectivity index (χ1v) is 17.0. The highest BCUT2D eigenvalue weighted by atomic mass is 32.2. The number of carbonyl (C=O) groups is 5. The highest BCUT2D eigenvalue weighted by Gasteiger charge is 2.31. The molecular formula is C33H37N9O8S. The van der Waals surface area contributed by atoms with E-state index in [2.05, 4.69) is 20.6 Å². The van der Waals surface area contributed by atoms with Gasteiger partial charge in [0.1, 0.15) is 48.0 Å². The van der Waals surface area contributed by atoms with Crippen molar-refractivity contribution >= 4 is 57.6 Å². The molecule has 3 amide bonds. The van der Waals surface area contributed by atoms with Gasteiger partial charge in [-0.2, -0.15) is 5.10 Å². The Kier molecular flexibility index (Phi) is 12.0. The van der Waals surface area contributed by atoms with Gasteiger partial charge in [0.2, 0.25) is 11.8 Å². The van der Waals surface area contributed by atoms with E-state index in [1.54, 1.807) is 9.58 Å². The van der Waals surface area contributed by atoms with Gasteiger partial charge >= 0.3 is 11.9 Å². The topological polar surface area (TPSA) is 258 Å². The number of carboxylic acids is 2. The average molecular weight is 720 g/mol. The lowest BCUT2D eigenvalue weighted by Crippen LogP contribution is -2.50. The van der Waals surface area contributed by atoms with Crippen LogP contribution < -0.4 is 26.8 Å². The number of likely N-dealkylation sites (tertiary alicyclic amines) is 1. The van der Waals surface area contributed by atoms with Gasteiger partial charge in [0.15, 0.2) is 5.65 Å². The van der Waals surface area contributed by atoms with Crippen LogP contribution in [0.1, 0.15) is 31.7 Å². The van der Waals surface area contributed by atoms with Gasteiger partial charge in [-0.1, -0.05) is 30.0 Å². The van der Waals surface area contributed by atoms with Crippen molar-refractivity contribution in [2.75, 3.05) is 31.1 Å². The Morgan fingerprint density at radius 1 is 1.02 bits per heavy atom. The molecule has 51 heavy (non-hydrogen) atoms. The summed E-state index contributed by atoms with van der Waals surface area (Å²) in [5, 5.41) is 27.7. The molecule has 2 aromatic carbocycles. The molecule has 5 rings (SSSR count). The average Bonchev–Trinajstić information content (AvgIpc) is 3.53. The highest BCUT2D eigenvalue weighted by Crippen LogP contribution is 2.35. The van der Waals surface area contributed by atoms with Crippen LogP contribution in [0.2, 0.25) is 0 Å². The Morgan fingerprint density at radius 3 is 2.45 bits per heavy atom. The molecule has 1 aliphatic rings. The number of aromatic nitrogens is 4. The number of fused-ring (bicyclic) bond motifs is 1. The lowest BCUT2D eigenvalue weighted by Gasteiger charge is -2.33. The first-order valence-electron chi connectivity index (χ1n) is 16.0. The van der Waals surface area contributed by atoms with Gasteiger partial charge in [0.05, 0.1) is 11.4 Å². The number of nitrogens with one attached hydrogen (secondary N) is 2. The molecule has 18 heteroatoms. The van der Waals surface area contributed by atoms with Crippen molar-refractivity contribution in [1.29, 1.82) is 0 Å². The van der Waals surface area contributed by atoms with Gasteiger partial charge in [-0.15, -0.1) is 0 Å². The van der Waals surface area contributed by atoms with E-state index in [1.165, 1.54) is 6.33 Å². The van der Waals surface area contributed by atoms with Crippen molar-refractivity contribution in [2.24, 2.45) is 5.73 Å². The van der Waals surface area contributed by atoms with Crippen molar-refractivity contribution in [1.82, 2.24) is 35.3 Å². The first kappa shape index (κ1) is 36.5. The van der Waals surface area contributed by atoms with Crippen LogP contribution in [0.25, 0.3) is 22.3 Å². The Balaban J connectivity index is 1.28. The third-order valence-electron chi connectivity index (χ3n) is 8.06. The third kappa shape index (κ3) is 9.49. The number of aliphatic carboxylic acids is 2. The number of nitrogens with two attached hydrogens (primary N) is 2. The van der Waals surface area contributed by atoms with Crippen molar-refractivity contribution < 1.29 is 38.9 Å². The van der Waals surface area contributed by atoms with Gasteiger partial charge in [0, 0.05) is 30.8 Å². The molecule has 8 N–H and O–H groups in total. The normalized spacial score (nSPS) is 15.5. The molecule has 268 valence electrons. The number of hydrogen-bond donors (Lipinski definition) is 6. The van der Waals surface area contributed by atoms with Crippen LogP contribution in [0.3, 0.4) is 0 Å². The number of anilines is 1. The molecule has 0 saturated carbocycles. The molecule has 0 spiro atoms. The van der Waals surface area contributed by atoms with Crippen molar-refractivity contribution in [3.05, 3.63) is 60.9 Å². The number of amides is 3. The Hall–Kier alpha value is -5.75. The maximum absolute atomic E-state index is 13.4. The van der Waals surface area contributed by atoms with E-state index in [0.29, 0.717) is 47.6 Å². The summed E-state index contributed by atoms with van der Waals surface area (Å²) in [6, 6.07) is 14.0. The summed E-state index contributed by atoms with van der Waals surface area (Å²) in [7, 11) is 0. The van der Waals surface area contributed by atoms with E-state index in [1.807, 2.05) is 54.6 Å². The highest BCUT2D eigenvalue weighted by molar-refractivity contribution is 8.13. The summed E-state index contributed by atoms with van der Waals surface area (Å²) in [4.78, 5) is 71.0. The minimum absolute atomic E-state index is 0.180. The number of thioether (sulfide) groups is 1. The van der Waals surface area contributed by atoms with Crippen LogP contribution in [0, 0.1) is 0 Å². The Bertz CT molecular complexity index is 1890.